The molecule has 2 aliphatic rings. The fourth-order valence-electron chi connectivity index (χ4n) is 5.14. The van der Waals surface area contributed by atoms with Crippen LogP contribution < -0.4 is 14.8 Å². The highest BCUT2D eigenvalue weighted by Crippen LogP contribution is 2.50. The van der Waals surface area contributed by atoms with Crippen LogP contribution in [-0.4, -0.2) is 19.4 Å². The topological polar surface area (TPSA) is 42.8 Å². The molecule has 0 bridgehead atoms. The summed E-state index contributed by atoms with van der Waals surface area (Å²) in [6.45, 7) is 4.68. The van der Waals surface area contributed by atoms with Gasteiger partial charge in [-0.3, -0.25) is 4.99 Å². The molecule has 0 amide bonds. The lowest BCUT2D eigenvalue weighted by atomic mass is 9.76. The second-order valence-electron chi connectivity index (χ2n) is 9.17. The summed E-state index contributed by atoms with van der Waals surface area (Å²) in [5.74, 6) is 4.43. The number of nitrogens with zero attached hydrogens (tertiary/aromatic N) is 1. The standard InChI is InChI=1S/C31H29ClN2O2/c1-4-15-36-31-27(32)17-21(18-29(31)35-5-2)19-33-23-12-10-22(11-13-23)30-25-8-6-7-24(25)26-16-20(3)9-14-28(26)34-30/h1,6-7,9-14,16-19,24-25,30,34H,5,8,15H2,2-3H3/t24-,25-,30+/m1/s1. The Bertz CT molecular complexity index is 1350. The Kier molecular flexibility index (Phi) is 7.02. The van der Waals surface area contributed by atoms with E-state index in [0.717, 1.165) is 17.7 Å². The van der Waals surface area contributed by atoms with Gasteiger partial charge in [-0.2, -0.15) is 0 Å². The number of ether oxygens (including phenoxy) is 2. The number of anilines is 1. The highest BCUT2D eigenvalue weighted by atomic mass is 35.5. The average Bonchev–Trinajstić information content (AvgIpc) is 3.38. The van der Waals surface area contributed by atoms with E-state index in [9.17, 15) is 0 Å². The van der Waals surface area contributed by atoms with E-state index in [1.165, 1.54) is 22.4 Å². The Balaban J connectivity index is 1.35. The molecule has 0 unspecified atom stereocenters. The van der Waals surface area contributed by atoms with Crippen LogP contribution in [0.3, 0.4) is 0 Å². The molecular weight excluding hydrogens is 468 g/mol. The normalized spacial score (nSPS) is 19.9. The van der Waals surface area contributed by atoms with Crippen molar-refractivity contribution < 1.29 is 9.47 Å². The fraction of sp³-hybridized carbons (Fsp3) is 0.258. The molecule has 0 fully saturated rings. The summed E-state index contributed by atoms with van der Waals surface area (Å²) in [5, 5.41) is 4.24. The first-order chi connectivity index (χ1) is 17.6. The lowest BCUT2D eigenvalue weighted by Crippen LogP contribution is -2.29. The Morgan fingerprint density at radius 1 is 1.14 bits per heavy atom. The van der Waals surface area contributed by atoms with Crippen molar-refractivity contribution in [2.75, 3.05) is 18.5 Å². The van der Waals surface area contributed by atoms with Gasteiger partial charge < -0.3 is 14.8 Å². The molecule has 0 saturated heterocycles. The minimum atomic E-state index is 0.123. The van der Waals surface area contributed by atoms with Gasteiger partial charge in [0.15, 0.2) is 11.5 Å². The monoisotopic (exact) mass is 496 g/mol. The van der Waals surface area contributed by atoms with Crippen LogP contribution in [0.2, 0.25) is 5.02 Å². The zero-order valence-electron chi connectivity index (χ0n) is 20.5. The van der Waals surface area contributed by atoms with Gasteiger partial charge in [0, 0.05) is 17.8 Å². The van der Waals surface area contributed by atoms with Crippen LogP contribution in [0.4, 0.5) is 11.4 Å². The molecule has 4 nitrogen and oxygen atoms in total. The summed E-state index contributed by atoms with van der Waals surface area (Å²) >= 11 is 6.44. The second-order valence-corrected chi connectivity index (χ2v) is 9.58. The molecule has 182 valence electrons. The molecule has 5 rings (SSSR count). The van der Waals surface area contributed by atoms with Gasteiger partial charge in [0.2, 0.25) is 0 Å². The quantitative estimate of drug-likeness (QED) is 0.207. The average molecular weight is 497 g/mol. The van der Waals surface area contributed by atoms with Crippen molar-refractivity contribution >= 4 is 29.2 Å². The van der Waals surface area contributed by atoms with E-state index < -0.39 is 0 Å². The molecule has 1 aliphatic carbocycles. The van der Waals surface area contributed by atoms with E-state index in [1.807, 2.05) is 13.0 Å². The number of allylic oxidation sites excluding steroid dienone is 2. The Labute approximate surface area is 218 Å². The maximum Gasteiger partial charge on any atom is 0.181 e. The van der Waals surface area contributed by atoms with Crippen molar-refractivity contribution in [2.45, 2.75) is 32.2 Å². The van der Waals surface area contributed by atoms with Crippen molar-refractivity contribution in [3.05, 3.63) is 94.0 Å². The van der Waals surface area contributed by atoms with Crippen LogP contribution in [0.1, 0.15) is 47.6 Å². The number of nitrogens with one attached hydrogen (secondary N) is 1. The van der Waals surface area contributed by atoms with Crippen LogP contribution in [0.5, 0.6) is 11.5 Å². The highest BCUT2D eigenvalue weighted by molar-refractivity contribution is 6.32. The summed E-state index contributed by atoms with van der Waals surface area (Å²) in [5.41, 5.74) is 6.91. The van der Waals surface area contributed by atoms with Gasteiger partial charge in [0.1, 0.15) is 6.61 Å². The zero-order valence-corrected chi connectivity index (χ0v) is 21.3. The van der Waals surface area contributed by atoms with Crippen LogP contribution in [-0.2, 0) is 0 Å². The second kappa shape index (κ2) is 10.5. The maximum absolute atomic E-state index is 6.44. The number of hydrogen-bond donors (Lipinski definition) is 1. The number of aliphatic imine (C=N–C) groups is 1. The first-order valence-corrected chi connectivity index (χ1v) is 12.7. The fourth-order valence-corrected chi connectivity index (χ4v) is 5.41. The van der Waals surface area contributed by atoms with E-state index in [-0.39, 0.29) is 12.6 Å². The summed E-state index contributed by atoms with van der Waals surface area (Å²) in [6.07, 6.45) is 12.9. The first kappa shape index (κ1) is 24.0. The summed E-state index contributed by atoms with van der Waals surface area (Å²) < 4.78 is 11.3. The third kappa shape index (κ3) is 4.85. The molecule has 0 aromatic heterocycles. The van der Waals surface area contributed by atoms with Gasteiger partial charge in [0.25, 0.3) is 0 Å². The molecule has 1 heterocycles. The summed E-state index contributed by atoms with van der Waals surface area (Å²) in [7, 11) is 0. The van der Waals surface area contributed by atoms with Gasteiger partial charge in [-0.1, -0.05) is 59.5 Å². The molecule has 0 radical (unpaired) electrons. The molecule has 0 saturated carbocycles. The van der Waals surface area contributed by atoms with Crippen LogP contribution >= 0.6 is 11.6 Å². The lowest BCUT2D eigenvalue weighted by Gasteiger charge is -2.37. The Hall–Kier alpha value is -3.68. The minimum Gasteiger partial charge on any atom is -0.490 e. The zero-order chi connectivity index (χ0) is 25.1. The van der Waals surface area contributed by atoms with E-state index in [2.05, 4.69) is 77.8 Å². The van der Waals surface area contributed by atoms with Crippen molar-refractivity contribution in [1.82, 2.24) is 0 Å². The predicted molar refractivity (Wildman–Crippen MR) is 148 cm³/mol. The maximum atomic E-state index is 6.44. The third-order valence-electron chi connectivity index (χ3n) is 6.76. The molecule has 3 atom stereocenters. The molecule has 36 heavy (non-hydrogen) atoms. The van der Waals surface area contributed by atoms with Gasteiger partial charge in [-0.15, -0.1) is 6.42 Å². The number of halogens is 1. The third-order valence-corrected chi connectivity index (χ3v) is 7.05. The number of benzene rings is 3. The molecule has 3 aromatic carbocycles. The van der Waals surface area contributed by atoms with Crippen LogP contribution in [0, 0.1) is 25.2 Å². The van der Waals surface area contributed by atoms with Crippen LogP contribution in [0.25, 0.3) is 0 Å². The molecule has 1 N–H and O–H groups in total. The number of terminal acetylenes is 1. The van der Waals surface area contributed by atoms with E-state index in [0.29, 0.717) is 35.0 Å². The minimum absolute atomic E-state index is 0.123. The predicted octanol–water partition coefficient (Wildman–Crippen LogP) is 7.64. The van der Waals surface area contributed by atoms with E-state index >= 15 is 0 Å². The van der Waals surface area contributed by atoms with Gasteiger partial charge >= 0.3 is 0 Å². The summed E-state index contributed by atoms with van der Waals surface area (Å²) in [4.78, 5) is 4.66. The number of rotatable bonds is 7. The van der Waals surface area contributed by atoms with Gasteiger partial charge in [0.05, 0.1) is 23.4 Å². The SMILES string of the molecule is C#CCOc1c(Cl)cc(C=Nc2ccc([C@@H]3Nc4ccc(C)cc4[C@@H]4C=CC[C@H]43)cc2)cc1OCC. The van der Waals surface area contributed by atoms with Crippen molar-refractivity contribution in [3.63, 3.8) is 0 Å². The van der Waals surface area contributed by atoms with Crippen molar-refractivity contribution in [3.8, 4) is 23.8 Å². The lowest BCUT2D eigenvalue weighted by molar-refractivity contribution is 0.299. The van der Waals surface area contributed by atoms with E-state index in [1.54, 1.807) is 12.3 Å². The summed E-state index contributed by atoms with van der Waals surface area (Å²) in [6, 6.07) is 19.1. The largest absolute Gasteiger partial charge is 0.490 e. The highest BCUT2D eigenvalue weighted by Gasteiger charge is 2.37. The first-order valence-electron chi connectivity index (χ1n) is 12.3. The molecular formula is C31H29ClN2O2. The number of aryl methyl sites for hydroxylation is 1. The van der Waals surface area contributed by atoms with Gasteiger partial charge in [-0.25, -0.2) is 0 Å². The number of hydrogen-bond acceptors (Lipinski definition) is 4. The molecule has 3 aromatic rings. The number of fused-ring (bicyclic) bond motifs is 3. The molecule has 0 spiro atoms. The van der Waals surface area contributed by atoms with E-state index in [4.69, 9.17) is 27.5 Å². The van der Waals surface area contributed by atoms with Gasteiger partial charge in [-0.05, 0) is 73.2 Å². The molecule has 1 aliphatic heterocycles. The Morgan fingerprint density at radius 3 is 2.75 bits per heavy atom. The smallest absolute Gasteiger partial charge is 0.181 e. The molecule has 5 heteroatoms. The Morgan fingerprint density at radius 2 is 1.97 bits per heavy atom. The van der Waals surface area contributed by atoms with Crippen molar-refractivity contribution in [1.29, 1.82) is 0 Å². The van der Waals surface area contributed by atoms with Crippen molar-refractivity contribution in [2.24, 2.45) is 10.9 Å². The van der Waals surface area contributed by atoms with Crippen LogP contribution in [0.15, 0.2) is 71.7 Å².